The summed E-state index contributed by atoms with van der Waals surface area (Å²) in [5.41, 5.74) is 4.17. The molecule has 0 saturated carbocycles. The average Bonchev–Trinajstić information content (AvgIpc) is 2.70. The molecule has 1 aromatic carbocycles. The Morgan fingerprint density at radius 1 is 1.25 bits per heavy atom. The van der Waals surface area contributed by atoms with Crippen molar-refractivity contribution in [2.45, 2.75) is 26.3 Å². The van der Waals surface area contributed by atoms with Crippen LogP contribution in [0.5, 0.6) is 0 Å². The fraction of sp³-hybridized carbons (Fsp3) is 0.571. The second-order valence-corrected chi connectivity index (χ2v) is 5.14. The van der Waals surface area contributed by atoms with Gasteiger partial charge in [0, 0.05) is 24.8 Å². The monoisotopic (exact) mass is 218 g/mol. The van der Waals surface area contributed by atoms with E-state index < -0.39 is 0 Å². The van der Waals surface area contributed by atoms with Gasteiger partial charge in [0.05, 0.1) is 0 Å². The second-order valence-electron chi connectivity index (χ2n) is 5.14. The number of benzene rings is 1. The Morgan fingerprint density at radius 3 is 2.62 bits per heavy atom. The number of hydrogen-bond donors (Lipinski definition) is 0. The van der Waals surface area contributed by atoms with E-state index in [9.17, 15) is 0 Å². The van der Waals surface area contributed by atoms with Crippen LogP contribution in [-0.2, 0) is 0 Å². The van der Waals surface area contributed by atoms with Crippen molar-refractivity contribution in [1.29, 1.82) is 0 Å². The van der Waals surface area contributed by atoms with E-state index >= 15 is 0 Å². The van der Waals surface area contributed by atoms with Crippen molar-refractivity contribution in [3.05, 3.63) is 29.3 Å². The first kappa shape index (κ1) is 11.5. The molecule has 0 N–H and O–H groups in total. The average molecular weight is 218 g/mol. The molecule has 0 spiro atoms. The van der Waals surface area contributed by atoms with Crippen LogP contribution < -0.4 is 4.90 Å². The van der Waals surface area contributed by atoms with E-state index in [1.807, 2.05) is 0 Å². The van der Waals surface area contributed by atoms with E-state index in [0.717, 1.165) is 6.54 Å². The lowest BCUT2D eigenvalue weighted by Gasteiger charge is -2.23. The lowest BCUT2D eigenvalue weighted by atomic mass is 10.1. The van der Waals surface area contributed by atoms with Gasteiger partial charge < -0.3 is 9.80 Å². The first-order chi connectivity index (χ1) is 7.58. The van der Waals surface area contributed by atoms with Crippen LogP contribution in [-0.4, -0.2) is 38.1 Å². The third kappa shape index (κ3) is 2.22. The van der Waals surface area contributed by atoms with Crippen molar-refractivity contribution in [3.8, 4) is 0 Å². The van der Waals surface area contributed by atoms with Gasteiger partial charge in [0.1, 0.15) is 0 Å². The molecule has 2 rings (SSSR count). The van der Waals surface area contributed by atoms with Crippen LogP contribution in [0.1, 0.15) is 17.5 Å². The molecule has 2 nitrogen and oxygen atoms in total. The minimum Gasteiger partial charge on any atom is -0.370 e. The van der Waals surface area contributed by atoms with Crippen molar-refractivity contribution in [2.24, 2.45) is 0 Å². The first-order valence-electron chi connectivity index (χ1n) is 6.06. The van der Waals surface area contributed by atoms with Gasteiger partial charge in [0.2, 0.25) is 0 Å². The van der Waals surface area contributed by atoms with Gasteiger partial charge in [-0.15, -0.1) is 0 Å². The fourth-order valence-corrected chi connectivity index (χ4v) is 2.44. The topological polar surface area (TPSA) is 6.48 Å². The molecule has 1 atom stereocenters. The predicted molar refractivity (Wildman–Crippen MR) is 70.2 cm³/mol. The molecule has 1 aliphatic rings. The normalized spacial score (nSPS) is 20.8. The number of likely N-dealkylation sites (N-methyl/N-ethyl adjacent to an activating group) is 1. The third-order valence-corrected chi connectivity index (χ3v) is 3.60. The molecule has 0 aromatic heterocycles. The van der Waals surface area contributed by atoms with Crippen LogP contribution in [0.2, 0.25) is 0 Å². The van der Waals surface area contributed by atoms with E-state index in [-0.39, 0.29) is 0 Å². The zero-order chi connectivity index (χ0) is 11.7. The smallest absolute Gasteiger partial charge is 0.0399 e. The molecule has 2 heteroatoms. The zero-order valence-electron chi connectivity index (χ0n) is 10.8. The van der Waals surface area contributed by atoms with E-state index in [1.54, 1.807) is 0 Å². The van der Waals surface area contributed by atoms with Crippen molar-refractivity contribution in [2.75, 3.05) is 32.1 Å². The summed E-state index contributed by atoms with van der Waals surface area (Å²) in [7, 11) is 4.36. The highest BCUT2D eigenvalue weighted by atomic mass is 15.2. The second kappa shape index (κ2) is 4.46. The summed E-state index contributed by atoms with van der Waals surface area (Å²) in [5, 5.41) is 0. The van der Waals surface area contributed by atoms with E-state index in [4.69, 9.17) is 0 Å². The highest BCUT2D eigenvalue weighted by molar-refractivity contribution is 5.55. The number of hydrogen-bond acceptors (Lipinski definition) is 2. The van der Waals surface area contributed by atoms with Crippen molar-refractivity contribution >= 4 is 5.69 Å². The molecule has 1 aliphatic heterocycles. The maximum atomic E-state index is 2.52. The molecule has 1 heterocycles. The summed E-state index contributed by atoms with van der Waals surface area (Å²) in [5.74, 6) is 0. The van der Waals surface area contributed by atoms with E-state index in [1.165, 1.54) is 29.8 Å². The van der Waals surface area contributed by atoms with Crippen LogP contribution in [0.25, 0.3) is 0 Å². The molecular weight excluding hydrogens is 196 g/mol. The molecule has 0 amide bonds. The predicted octanol–water partition coefficient (Wildman–Crippen LogP) is 2.44. The Kier molecular flexibility index (Phi) is 3.20. The van der Waals surface area contributed by atoms with Gasteiger partial charge in [0.15, 0.2) is 0 Å². The number of nitrogens with zero attached hydrogens (tertiary/aromatic N) is 2. The van der Waals surface area contributed by atoms with Gasteiger partial charge in [0.25, 0.3) is 0 Å². The molecule has 1 aromatic rings. The Hall–Kier alpha value is -1.02. The van der Waals surface area contributed by atoms with Crippen molar-refractivity contribution in [1.82, 2.24) is 4.90 Å². The Balaban J connectivity index is 2.17. The highest BCUT2D eigenvalue weighted by Crippen LogP contribution is 2.26. The SMILES string of the molecule is Cc1ccc(C)c(N2CCC(N(C)C)C2)c1. The quantitative estimate of drug-likeness (QED) is 0.752. The third-order valence-electron chi connectivity index (χ3n) is 3.60. The molecule has 88 valence electrons. The number of rotatable bonds is 2. The van der Waals surface area contributed by atoms with Crippen molar-refractivity contribution < 1.29 is 0 Å². The van der Waals surface area contributed by atoms with Gasteiger partial charge in [-0.05, 0) is 51.6 Å². The molecule has 1 fully saturated rings. The zero-order valence-corrected chi connectivity index (χ0v) is 10.8. The van der Waals surface area contributed by atoms with Crippen LogP contribution >= 0.6 is 0 Å². The largest absolute Gasteiger partial charge is 0.370 e. The summed E-state index contributed by atoms with van der Waals surface area (Å²) in [6.07, 6.45) is 1.28. The lowest BCUT2D eigenvalue weighted by Crippen LogP contribution is -2.31. The first-order valence-corrected chi connectivity index (χ1v) is 6.06. The summed E-state index contributed by atoms with van der Waals surface area (Å²) >= 11 is 0. The Bertz CT molecular complexity index is 371. The summed E-state index contributed by atoms with van der Waals surface area (Å²) in [6.45, 7) is 6.73. The van der Waals surface area contributed by atoms with E-state index in [2.05, 4.69) is 55.9 Å². The number of aryl methyl sites for hydroxylation is 2. The Morgan fingerprint density at radius 2 is 2.00 bits per heavy atom. The maximum Gasteiger partial charge on any atom is 0.0399 e. The van der Waals surface area contributed by atoms with Crippen LogP contribution in [0.4, 0.5) is 5.69 Å². The summed E-state index contributed by atoms with van der Waals surface area (Å²) < 4.78 is 0. The minimum absolute atomic E-state index is 0.708. The molecule has 1 saturated heterocycles. The number of anilines is 1. The van der Waals surface area contributed by atoms with Crippen molar-refractivity contribution in [3.63, 3.8) is 0 Å². The standard InChI is InChI=1S/C14H22N2/c1-11-5-6-12(2)14(9-11)16-8-7-13(10-16)15(3)4/h5-6,9,13H,7-8,10H2,1-4H3. The van der Waals surface area contributed by atoms with Crippen LogP contribution in [0.15, 0.2) is 18.2 Å². The highest BCUT2D eigenvalue weighted by Gasteiger charge is 2.24. The van der Waals surface area contributed by atoms with Crippen LogP contribution in [0, 0.1) is 13.8 Å². The van der Waals surface area contributed by atoms with Gasteiger partial charge in [-0.25, -0.2) is 0 Å². The molecule has 16 heavy (non-hydrogen) atoms. The summed E-state index contributed by atoms with van der Waals surface area (Å²) in [6, 6.07) is 7.44. The molecule has 0 radical (unpaired) electrons. The Labute approximate surface area is 98.9 Å². The fourth-order valence-electron chi connectivity index (χ4n) is 2.44. The van der Waals surface area contributed by atoms with Gasteiger partial charge in [-0.3, -0.25) is 0 Å². The van der Waals surface area contributed by atoms with E-state index in [0.29, 0.717) is 6.04 Å². The van der Waals surface area contributed by atoms with Gasteiger partial charge in [-0.1, -0.05) is 12.1 Å². The molecule has 1 unspecified atom stereocenters. The minimum atomic E-state index is 0.708. The molecular formula is C14H22N2. The maximum absolute atomic E-state index is 2.52. The van der Waals surface area contributed by atoms with Crippen LogP contribution in [0.3, 0.4) is 0 Å². The van der Waals surface area contributed by atoms with Gasteiger partial charge >= 0.3 is 0 Å². The molecule has 0 bridgehead atoms. The summed E-state index contributed by atoms with van der Waals surface area (Å²) in [4.78, 5) is 4.86. The van der Waals surface area contributed by atoms with Gasteiger partial charge in [-0.2, -0.15) is 0 Å². The molecule has 0 aliphatic carbocycles. The lowest BCUT2D eigenvalue weighted by molar-refractivity contribution is 0.315.